The topological polar surface area (TPSA) is 71.2 Å². The average Bonchev–Trinajstić information content (AvgIpc) is 2.49. The van der Waals surface area contributed by atoms with Crippen molar-refractivity contribution in [3.05, 3.63) is 24.0 Å². The number of nitrogens with zero attached hydrogens (tertiary/aromatic N) is 2. The highest BCUT2D eigenvalue weighted by Crippen LogP contribution is 2.25. The molecular weight excluding hydrogens is 240 g/mol. The minimum absolute atomic E-state index is 0.0236. The molecule has 1 heterocycles. The monoisotopic (exact) mass is 262 g/mol. The largest absolute Gasteiger partial charge is 0.336 e. The van der Waals surface area contributed by atoms with E-state index in [4.69, 9.17) is 5.84 Å². The highest BCUT2D eigenvalue weighted by atomic mass is 16.2. The van der Waals surface area contributed by atoms with E-state index in [-0.39, 0.29) is 5.91 Å². The van der Waals surface area contributed by atoms with E-state index in [1.165, 1.54) is 19.3 Å². The predicted molar refractivity (Wildman–Crippen MR) is 75.6 cm³/mol. The van der Waals surface area contributed by atoms with Gasteiger partial charge in [0.1, 0.15) is 0 Å². The lowest BCUT2D eigenvalue weighted by Gasteiger charge is -2.33. The molecule has 5 heteroatoms. The van der Waals surface area contributed by atoms with Crippen LogP contribution in [0.25, 0.3) is 0 Å². The maximum Gasteiger partial charge on any atom is 0.257 e. The quantitative estimate of drug-likeness (QED) is 0.644. The summed E-state index contributed by atoms with van der Waals surface area (Å²) >= 11 is 0. The summed E-state index contributed by atoms with van der Waals surface area (Å²) in [5.41, 5.74) is 3.76. The number of nitrogens with one attached hydrogen (secondary N) is 1. The molecule has 5 nitrogen and oxygen atoms in total. The van der Waals surface area contributed by atoms with Crippen molar-refractivity contribution < 1.29 is 4.79 Å². The fourth-order valence-corrected chi connectivity index (χ4v) is 2.81. The summed E-state index contributed by atoms with van der Waals surface area (Å²) < 4.78 is 0. The first-order valence-electron chi connectivity index (χ1n) is 6.99. The summed E-state index contributed by atoms with van der Waals surface area (Å²) in [4.78, 5) is 18.6. The molecule has 1 aliphatic carbocycles. The number of rotatable bonds is 4. The molecule has 1 aromatic heterocycles. The van der Waals surface area contributed by atoms with Gasteiger partial charge in [0.15, 0.2) is 0 Å². The van der Waals surface area contributed by atoms with E-state index in [2.05, 4.69) is 10.4 Å². The Morgan fingerprint density at radius 3 is 2.84 bits per heavy atom. The van der Waals surface area contributed by atoms with Gasteiger partial charge >= 0.3 is 0 Å². The van der Waals surface area contributed by atoms with Crippen LogP contribution in [0.3, 0.4) is 0 Å². The fraction of sp³-hybridized carbons (Fsp3) is 0.571. The van der Waals surface area contributed by atoms with Gasteiger partial charge in [-0.1, -0.05) is 19.3 Å². The van der Waals surface area contributed by atoms with Gasteiger partial charge in [0.25, 0.3) is 5.91 Å². The van der Waals surface area contributed by atoms with E-state index < -0.39 is 0 Å². The van der Waals surface area contributed by atoms with Crippen LogP contribution in [0.2, 0.25) is 0 Å². The summed E-state index contributed by atoms with van der Waals surface area (Å²) in [7, 11) is 0. The van der Waals surface area contributed by atoms with Crippen molar-refractivity contribution in [1.82, 2.24) is 9.88 Å². The smallest absolute Gasteiger partial charge is 0.257 e. The molecule has 0 bridgehead atoms. The zero-order valence-electron chi connectivity index (χ0n) is 11.4. The van der Waals surface area contributed by atoms with Crippen LogP contribution in [0, 0.1) is 0 Å². The standard InChI is InChI=1S/C14H22N4O/c1-2-18(11-6-4-3-5-7-11)14(19)12-10-16-9-8-13(12)17-15/h8-11H,2-7,15H2,1H3,(H,16,17). The van der Waals surface area contributed by atoms with E-state index in [0.29, 0.717) is 17.3 Å². The molecule has 0 spiro atoms. The van der Waals surface area contributed by atoms with Crippen molar-refractivity contribution in [3.8, 4) is 0 Å². The Kier molecular flexibility index (Phi) is 4.74. The Morgan fingerprint density at radius 1 is 1.47 bits per heavy atom. The first-order chi connectivity index (χ1) is 9.27. The number of hydrogen-bond acceptors (Lipinski definition) is 4. The number of pyridine rings is 1. The molecule has 0 unspecified atom stereocenters. The molecule has 0 atom stereocenters. The normalized spacial score (nSPS) is 16.1. The molecule has 0 aromatic carbocycles. The molecule has 1 aliphatic rings. The van der Waals surface area contributed by atoms with Crippen LogP contribution in [-0.4, -0.2) is 28.4 Å². The number of carbonyl (C=O) groups is 1. The molecule has 0 radical (unpaired) electrons. The first kappa shape index (κ1) is 13.8. The van der Waals surface area contributed by atoms with Crippen molar-refractivity contribution in [2.24, 2.45) is 5.84 Å². The molecule has 0 saturated heterocycles. The second-order valence-corrected chi connectivity index (χ2v) is 4.95. The molecule has 1 saturated carbocycles. The molecule has 2 rings (SSSR count). The number of amides is 1. The van der Waals surface area contributed by atoms with Crippen LogP contribution in [0.15, 0.2) is 18.5 Å². The summed E-state index contributed by atoms with van der Waals surface area (Å²) in [6.07, 6.45) is 9.13. The van der Waals surface area contributed by atoms with Crippen molar-refractivity contribution in [1.29, 1.82) is 0 Å². The van der Waals surface area contributed by atoms with Crippen LogP contribution in [0.4, 0.5) is 5.69 Å². The number of nitrogens with two attached hydrogens (primary N) is 1. The molecule has 1 amide bonds. The van der Waals surface area contributed by atoms with Gasteiger partial charge in [0, 0.05) is 25.0 Å². The number of anilines is 1. The lowest BCUT2D eigenvalue weighted by Crippen LogP contribution is -2.41. The summed E-state index contributed by atoms with van der Waals surface area (Å²) in [5.74, 6) is 5.48. The van der Waals surface area contributed by atoms with Crippen LogP contribution < -0.4 is 11.3 Å². The van der Waals surface area contributed by atoms with E-state index in [0.717, 1.165) is 19.4 Å². The van der Waals surface area contributed by atoms with Gasteiger partial charge in [0.05, 0.1) is 11.3 Å². The Labute approximate surface area is 114 Å². The van der Waals surface area contributed by atoms with Gasteiger partial charge in [-0.05, 0) is 25.8 Å². The zero-order chi connectivity index (χ0) is 13.7. The van der Waals surface area contributed by atoms with Gasteiger partial charge < -0.3 is 10.3 Å². The van der Waals surface area contributed by atoms with E-state index in [1.54, 1.807) is 18.5 Å². The Bertz CT molecular complexity index is 429. The molecule has 0 aliphatic heterocycles. The number of carbonyl (C=O) groups excluding carboxylic acids is 1. The van der Waals surface area contributed by atoms with Crippen molar-refractivity contribution >= 4 is 11.6 Å². The van der Waals surface area contributed by atoms with Crippen LogP contribution in [0.1, 0.15) is 49.4 Å². The van der Waals surface area contributed by atoms with Gasteiger partial charge in [-0.2, -0.15) is 0 Å². The Hall–Kier alpha value is -1.62. The molecule has 1 aromatic rings. The molecule has 104 valence electrons. The van der Waals surface area contributed by atoms with Crippen LogP contribution in [0.5, 0.6) is 0 Å². The van der Waals surface area contributed by atoms with Crippen LogP contribution >= 0.6 is 0 Å². The first-order valence-corrected chi connectivity index (χ1v) is 6.99. The third-order valence-electron chi connectivity index (χ3n) is 3.82. The van der Waals surface area contributed by atoms with Crippen molar-refractivity contribution in [3.63, 3.8) is 0 Å². The van der Waals surface area contributed by atoms with Gasteiger partial charge in [0.2, 0.25) is 0 Å². The van der Waals surface area contributed by atoms with Gasteiger partial charge in [-0.3, -0.25) is 15.6 Å². The van der Waals surface area contributed by atoms with Crippen molar-refractivity contribution in [2.75, 3.05) is 12.0 Å². The fourth-order valence-electron chi connectivity index (χ4n) is 2.81. The molecule has 3 N–H and O–H groups in total. The minimum atomic E-state index is 0.0236. The average molecular weight is 262 g/mol. The number of aromatic nitrogens is 1. The molecule has 1 fully saturated rings. The molecule has 19 heavy (non-hydrogen) atoms. The van der Waals surface area contributed by atoms with Gasteiger partial charge in [-0.25, -0.2) is 0 Å². The maximum atomic E-state index is 12.6. The highest BCUT2D eigenvalue weighted by molar-refractivity contribution is 5.99. The molecular formula is C14H22N4O. The zero-order valence-corrected chi connectivity index (χ0v) is 11.4. The van der Waals surface area contributed by atoms with E-state index in [9.17, 15) is 4.79 Å². The summed E-state index contributed by atoms with van der Waals surface area (Å²) in [6.45, 7) is 2.75. The van der Waals surface area contributed by atoms with Gasteiger partial charge in [-0.15, -0.1) is 0 Å². The number of hydrazine groups is 1. The number of hydrogen-bond donors (Lipinski definition) is 2. The van der Waals surface area contributed by atoms with Crippen molar-refractivity contribution in [2.45, 2.75) is 45.1 Å². The maximum absolute atomic E-state index is 12.6. The Balaban J connectivity index is 2.19. The number of nitrogen functional groups attached to an aromatic ring is 1. The Morgan fingerprint density at radius 2 is 2.21 bits per heavy atom. The minimum Gasteiger partial charge on any atom is -0.336 e. The SMILES string of the molecule is CCN(C(=O)c1cnccc1NN)C1CCCCC1. The second kappa shape index (κ2) is 6.52. The second-order valence-electron chi connectivity index (χ2n) is 4.95. The third-order valence-corrected chi connectivity index (χ3v) is 3.82. The lowest BCUT2D eigenvalue weighted by molar-refractivity contribution is 0.0648. The summed E-state index contributed by atoms with van der Waals surface area (Å²) in [6, 6.07) is 2.08. The highest BCUT2D eigenvalue weighted by Gasteiger charge is 2.26. The van der Waals surface area contributed by atoms with E-state index in [1.807, 2.05) is 11.8 Å². The lowest BCUT2D eigenvalue weighted by atomic mass is 9.93. The predicted octanol–water partition coefficient (Wildman–Crippen LogP) is 2.16. The summed E-state index contributed by atoms with van der Waals surface area (Å²) in [5, 5.41) is 0. The van der Waals surface area contributed by atoms with Crippen LogP contribution in [-0.2, 0) is 0 Å². The third kappa shape index (κ3) is 3.04. The van der Waals surface area contributed by atoms with E-state index >= 15 is 0 Å².